The van der Waals surface area contributed by atoms with Crippen LogP contribution in [0.15, 0.2) is 24.3 Å². The van der Waals surface area contributed by atoms with Gasteiger partial charge >= 0.3 is 6.03 Å². The number of urea groups is 1. The Morgan fingerprint density at radius 1 is 1.15 bits per heavy atom. The molecule has 0 spiro atoms. The van der Waals surface area contributed by atoms with Crippen molar-refractivity contribution in [3.8, 4) is 0 Å². The second kappa shape index (κ2) is 6.13. The van der Waals surface area contributed by atoms with Crippen LogP contribution in [-0.4, -0.2) is 32.6 Å². The molecule has 1 saturated heterocycles. The van der Waals surface area contributed by atoms with E-state index in [4.69, 9.17) is 23.2 Å². The highest BCUT2D eigenvalue weighted by Gasteiger charge is 2.67. The van der Waals surface area contributed by atoms with Crippen LogP contribution in [0.5, 0.6) is 0 Å². The van der Waals surface area contributed by atoms with E-state index in [1.54, 1.807) is 20.8 Å². The van der Waals surface area contributed by atoms with Crippen LogP contribution in [0.4, 0.5) is 4.79 Å². The standard InChI is InChI=1S/C18H21Cl2N3O3/c1-16(2)14(25)23(15(26)22-16)9-12-6-4-11(5-7-12)8-21-13(24)17(3)10-18(17,19)20/h4-7H,8-10H2,1-3H3,(H,21,24)(H,22,26). The Kier molecular flexibility index (Phi) is 4.48. The molecule has 3 rings (SSSR count). The minimum Gasteiger partial charge on any atom is -0.351 e. The molecule has 4 amide bonds. The highest BCUT2D eigenvalue weighted by Crippen LogP contribution is 2.63. The van der Waals surface area contributed by atoms with Gasteiger partial charge in [0, 0.05) is 6.54 Å². The summed E-state index contributed by atoms with van der Waals surface area (Å²) in [5.41, 5.74) is 0.113. The third-order valence-electron chi connectivity index (χ3n) is 5.02. The van der Waals surface area contributed by atoms with Crippen molar-refractivity contribution in [3.63, 3.8) is 0 Å². The molecular formula is C18H21Cl2N3O3. The number of alkyl halides is 2. The summed E-state index contributed by atoms with van der Waals surface area (Å²) in [5.74, 6) is -0.421. The zero-order valence-corrected chi connectivity index (χ0v) is 16.4. The molecule has 1 aromatic rings. The summed E-state index contributed by atoms with van der Waals surface area (Å²) < 4.78 is -0.989. The summed E-state index contributed by atoms with van der Waals surface area (Å²) in [5, 5.41) is 5.49. The predicted octanol–water partition coefficient (Wildman–Crippen LogP) is 2.72. The molecule has 2 fully saturated rings. The molecule has 26 heavy (non-hydrogen) atoms. The van der Waals surface area contributed by atoms with E-state index < -0.39 is 15.3 Å². The van der Waals surface area contributed by atoms with Gasteiger partial charge in [-0.15, -0.1) is 23.2 Å². The number of carbonyl (C=O) groups excluding carboxylic acids is 3. The van der Waals surface area contributed by atoms with E-state index in [2.05, 4.69) is 10.6 Å². The van der Waals surface area contributed by atoms with Crippen LogP contribution in [0, 0.1) is 5.41 Å². The minimum atomic E-state index is -0.989. The van der Waals surface area contributed by atoms with E-state index in [9.17, 15) is 14.4 Å². The van der Waals surface area contributed by atoms with Gasteiger partial charge in [-0.2, -0.15) is 0 Å². The Morgan fingerprint density at radius 2 is 1.69 bits per heavy atom. The maximum absolute atomic E-state index is 12.2. The van der Waals surface area contributed by atoms with Gasteiger partial charge in [0.1, 0.15) is 9.87 Å². The van der Waals surface area contributed by atoms with Gasteiger partial charge in [-0.05, 0) is 38.3 Å². The molecule has 1 aliphatic carbocycles. The molecule has 0 aromatic heterocycles. The number of amides is 4. The molecule has 0 radical (unpaired) electrons. The summed E-state index contributed by atoms with van der Waals surface area (Å²) in [4.78, 5) is 37.5. The lowest BCUT2D eigenvalue weighted by atomic mass is 10.1. The highest BCUT2D eigenvalue weighted by atomic mass is 35.5. The van der Waals surface area contributed by atoms with Gasteiger partial charge < -0.3 is 10.6 Å². The Balaban J connectivity index is 1.57. The summed E-state index contributed by atoms with van der Waals surface area (Å²) in [6.45, 7) is 5.66. The number of benzene rings is 1. The third-order valence-corrected chi connectivity index (χ3v) is 6.12. The maximum Gasteiger partial charge on any atom is 0.325 e. The lowest BCUT2D eigenvalue weighted by molar-refractivity contribution is -0.130. The Morgan fingerprint density at radius 3 is 2.15 bits per heavy atom. The fourth-order valence-electron chi connectivity index (χ4n) is 2.93. The molecule has 140 valence electrons. The number of rotatable bonds is 5. The van der Waals surface area contributed by atoms with E-state index in [0.29, 0.717) is 13.0 Å². The van der Waals surface area contributed by atoms with Crippen LogP contribution in [-0.2, 0) is 22.7 Å². The van der Waals surface area contributed by atoms with Crippen molar-refractivity contribution in [2.24, 2.45) is 5.41 Å². The normalized spacial score (nSPS) is 25.8. The van der Waals surface area contributed by atoms with E-state index >= 15 is 0 Å². The topological polar surface area (TPSA) is 78.5 Å². The smallest absolute Gasteiger partial charge is 0.325 e. The summed E-state index contributed by atoms with van der Waals surface area (Å²) in [6.07, 6.45) is 0.441. The number of imide groups is 1. The van der Waals surface area contributed by atoms with Crippen molar-refractivity contribution in [1.29, 1.82) is 0 Å². The van der Waals surface area contributed by atoms with Crippen LogP contribution in [0.3, 0.4) is 0 Å². The molecule has 2 aliphatic rings. The van der Waals surface area contributed by atoms with Crippen molar-refractivity contribution in [1.82, 2.24) is 15.5 Å². The van der Waals surface area contributed by atoms with Gasteiger partial charge in [0.25, 0.3) is 5.91 Å². The Hall–Kier alpha value is -1.79. The van der Waals surface area contributed by atoms with E-state index in [0.717, 1.165) is 11.1 Å². The van der Waals surface area contributed by atoms with Gasteiger partial charge in [0.05, 0.1) is 12.0 Å². The van der Waals surface area contributed by atoms with Gasteiger partial charge in [0.15, 0.2) is 0 Å². The molecule has 1 aliphatic heterocycles. The molecule has 1 atom stereocenters. The number of hydrogen-bond donors (Lipinski definition) is 2. The zero-order chi connectivity index (χ0) is 19.3. The van der Waals surface area contributed by atoms with Crippen LogP contribution < -0.4 is 10.6 Å². The average molecular weight is 398 g/mol. The number of carbonyl (C=O) groups is 3. The van der Waals surface area contributed by atoms with Crippen molar-refractivity contribution < 1.29 is 14.4 Å². The molecule has 1 saturated carbocycles. The van der Waals surface area contributed by atoms with Crippen LogP contribution >= 0.6 is 23.2 Å². The third kappa shape index (κ3) is 3.28. The number of nitrogens with one attached hydrogen (secondary N) is 2. The Bertz CT molecular complexity index is 776. The van der Waals surface area contributed by atoms with Crippen LogP contribution in [0.25, 0.3) is 0 Å². The van der Waals surface area contributed by atoms with Crippen LogP contribution in [0.1, 0.15) is 38.3 Å². The zero-order valence-electron chi connectivity index (χ0n) is 14.9. The van der Waals surface area contributed by atoms with Gasteiger partial charge in [0.2, 0.25) is 5.91 Å². The summed E-state index contributed by atoms with van der Waals surface area (Å²) >= 11 is 12.0. The first-order chi connectivity index (χ1) is 12.0. The van der Waals surface area contributed by atoms with Crippen molar-refractivity contribution in [2.75, 3.05) is 0 Å². The average Bonchev–Trinajstić information content (AvgIpc) is 3.02. The van der Waals surface area contributed by atoms with Crippen molar-refractivity contribution >= 4 is 41.0 Å². The predicted molar refractivity (Wildman–Crippen MR) is 98.6 cm³/mol. The van der Waals surface area contributed by atoms with Crippen LogP contribution in [0.2, 0.25) is 0 Å². The first-order valence-corrected chi connectivity index (χ1v) is 9.10. The monoisotopic (exact) mass is 397 g/mol. The Labute approximate surface area is 162 Å². The van der Waals surface area contributed by atoms with Gasteiger partial charge in [-0.3, -0.25) is 14.5 Å². The lowest BCUT2D eigenvalue weighted by Crippen LogP contribution is -2.40. The van der Waals surface area contributed by atoms with Crippen molar-refractivity contribution in [2.45, 2.75) is 50.2 Å². The second-order valence-corrected chi connectivity index (χ2v) is 9.14. The highest BCUT2D eigenvalue weighted by molar-refractivity contribution is 6.53. The summed E-state index contributed by atoms with van der Waals surface area (Å²) in [7, 11) is 0. The molecule has 1 aromatic carbocycles. The molecule has 2 N–H and O–H groups in total. The largest absolute Gasteiger partial charge is 0.351 e. The second-order valence-electron chi connectivity index (χ2n) is 7.66. The fourth-order valence-corrected chi connectivity index (χ4v) is 3.64. The van der Waals surface area contributed by atoms with E-state index in [1.165, 1.54) is 4.90 Å². The van der Waals surface area contributed by atoms with Gasteiger partial charge in [-0.25, -0.2) is 4.79 Å². The number of halogens is 2. The van der Waals surface area contributed by atoms with Gasteiger partial charge in [-0.1, -0.05) is 24.3 Å². The number of hydrogen-bond acceptors (Lipinski definition) is 3. The number of nitrogens with zero attached hydrogens (tertiary/aromatic N) is 1. The quantitative estimate of drug-likeness (QED) is 0.592. The maximum atomic E-state index is 12.2. The first-order valence-electron chi connectivity index (χ1n) is 8.34. The fraction of sp³-hybridized carbons (Fsp3) is 0.500. The molecule has 1 unspecified atom stereocenters. The molecular weight excluding hydrogens is 377 g/mol. The molecule has 8 heteroatoms. The SMILES string of the molecule is CC1(C)NC(=O)N(Cc2ccc(CNC(=O)C3(C)CC3(Cl)Cl)cc2)C1=O. The summed E-state index contributed by atoms with van der Waals surface area (Å²) in [6, 6.07) is 6.98. The molecule has 6 nitrogen and oxygen atoms in total. The molecule has 1 heterocycles. The molecule has 0 bridgehead atoms. The lowest BCUT2D eigenvalue weighted by Gasteiger charge is -2.16. The first kappa shape index (κ1) is 19.0. The minimum absolute atomic E-state index is 0.173. The van der Waals surface area contributed by atoms with E-state index in [1.807, 2.05) is 24.3 Å². The van der Waals surface area contributed by atoms with E-state index in [-0.39, 0.29) is 24.4 Å². The van der Waals surface area contributed by atoms with Crippen molar-refractivity contribution in [3.05, 3.63) is 35.4 Å².